The van der Waals surface area contributed by atoms with Gasteiger partial charge in [0, 0.05) is 17.7 Å². The molecular formula is C20H20F2N2O4. The lowest BCUT2D eigenvalue weighted by molar-refractivity contribution is -0.120. The van der Waals surface area contributed by atoms with Gasteiger partial charge in [-0.1, -0.05) is 12.1 Å². The Balaban J connectivity index is 2.03. The predicted molar refractivity (Wildman–Crippen MR) is 99.6 cm³/mol. The van der Waals surface area contributed by atoms with E-state index in [2.05, 4.69) is 5.32 Å². The highest BCUT2D eigenvalue weighted by Crippen LogP contribution is 2.28. The third kappa shape index (κ3) is 5.80. The van der Waals surface area contributed by atoms with E-state index in [4.69, 9.17) is 15.2 Å². The van der Waals surface area contributed by atoms with Gasteiger partial charge in [-0.05, 0) is 36.8 Å². The summed E-state index contributed by atoms with van der Waals surface area (Å²) in [6.07, 6.45) is 2.81. The molecule has 0 saturated carbocycles. The number of rotatable bonds is 8. The highest BCUT2D eigenvalue weighted by molar-refractivity contribution is 5.92. The molecule has 2 rings (SSSR count). The summed E-state index contributed by atoms with van der Waals surface area (Å²) in [5.74, 6) is -1.78. The number of benzene rings is 2. The number of carbonyl (C=O) groups excluding carboxylic acids is 2. The van der Waals surface area contributed by atoms with E-state index < -0.39 is 29.5 Å². The minimum atomic E-state index is -0.729. The summed E-state index contributed by atoms with van der Waals surface area (Å²) in [5, 5.41) is 2.60. The molecule has 0 radical (unpaired) electrons. The molecule has 0 heterocycles. The molecule has 1 atom stereocenters. The molecule has 0 aliphatic heterocycles. The van der Waals surface area contributed by atoms with E-state index in [9.17, 15) is 18.4 Å². The van der Waals surface area contributed by atoms with E-state index in [1.165, 1.54) is 25.3 Å². The van der Waals surface area contributed by atoms with Crippen molar-refractivity contribution in [3.05, 3.63) is 65.2 Å². The van der Waals surface area contributed by atoms with Gasteiger partial charge in [-0.3, -0.25) is 9.59 Å². The molecule has 0 aliphatic carbocycles. The standard InChI is InChI=1S/C20H20F2N2O4/c1-12(15-6-5-14(21)10-16(15)22)24-20(26)8-4-13-3-7-17(18(9-13)27-2)28-11-19(23)25/h3-10,12H,11H2,1-2H3,(H2,23,25)(H,24,26)/b8-4+. The molecule has 0 fully saturated rings. The Labute approximate surface area is 160 Å². The van der Waals surface area contributed by atoms with E-state index >= 15 is 0 Å². The zero-order valence-corrected chi connectivity index (χ0v) is 15.4. The lowest BCUT2D eigenvalue weighted by Crippen LogP contribution is -2.25. The van der Waals surface area contributed by atoms with Gasteiger partial charge in [-0.25, -0.2) is 8.78 Å². The number of nitrogens with one attached hydrogen (secondary N) is 1. The van der Waals surface area contributed by atoms with Crippen LogP contribution in [0.5, 0.6) is 11.5 Å². The minimum absolute atomic E-state index is 0.181. The lowest BCUT2D eigenvalue weighted by Gasteiger charge is -2.14. The van der Waals surface area contributed by atoms with Crippen LogP contribution in [0, 0.1) is 11.6 Å². The van der Waals surface area contributed by atoms with Crippen molar-refractivity contribution < 1.29 is 27.8 Å². The van der Waals surface area contributed by atoms with E-state index in [0.717, 1.165) is 12.1 Å². The van der Waals surface area contributed by atoms with Crippen LogP contribution < -0.4 is 20.5 Å². The Morgan fingerprint density at radius 1 is 1.18 bits per heavy atom. The maximum atomic E-state index is 13.8. The molecule has 6 nitrogen and oxygen atoms in total. The highest BCUT2D eigenvalue weighted by atomic mass is 19.1. The zero-order chi connectivity index (χ0) is 20.7. The van der Waals surface area contributed by atoms with Crippen molar-refractivity contribution in [1.29, 1.82) is 0 Å². The monoisotopic (exact) mass is 390 g/mol. The molecule has 1 unspecified atom stereocenters. The summed E-state index contributed by atoms with van der Waals surface area (Å²) in [5.41, 5.74) is 5.86. The van der Waals surface area contributed by atoms with Crippen molar-refractivity contribution in [1.82, 2.24) is 5.32 Å². The summed E-state index contributed by atoms with van der Waals surface area (Å²) < 4.78 is 37.2. The molecule has 28 heavy (non-hydrogen) atoms. The normalized spacial score (nSPS) is 11.9. The summed E-state index contributed by atoms with van der Waals surface area (Å²) in [6, 6.07) is 7.39. The molecule has 2 aromatic carbocycles. The molecular weight excluding hydrogens is 370 g/mol. The Hall–Kier alpha value is -3.42. The van der Waals surface area contributed by atoms with Crippen molar-refractivity contribution in [3.63, 3.8) is 0 Å². The fraction of sp³-hybridized carbons (Fsp3) is 0.200. The lowest BCUT2D eigenvalue weighted by atomic mass is 10.1. The minimum Gasteiger partial charge on any atom is -0.493 e. The average molecular weight is 390 g/mol. The third-order valence-corrected chi connectivity index (χ3v) is 3.77. The third-order valence-electron chi connectivity index (χ3n) is 3.77. The maximum Gasteiger partial charge on any atom is 0.255 e. The van der Waals surface area contributed by atoms with Gasteiger partial charge >= 0.3 is 0 Å². The molecule has 0 bridgehead atoms. The van der Waals surface area contributed by atoms with Crippen molar-refractivity contribution in [2.24, 2.45) is 5.73 Å². The van der Waals surface area contributed by atoms with Crippen LogP contribution in [0.2, 0.25) is 0 Å². The largest absolute Gasteiger partial charge is 0.493 e. The van der Waals surface area contributed by atoms with Gasteiger partial charge in [-0.15, -0.1) is 0 Å². The molecule has 2 aromatic rings. The van der Waals surface area contributed by atoms with Crippen molar-refractivity contribution in [2.45, 2.75) is 13.0 Å². The molecule has 3 N–H and O–H groups in total. The number of halogens is 2. The van der Waals surface area contributed by atoms with Crippen LogP contribution in [0.4, 0.5) is 8.78 Å². The number of hydrogen-bond acceptors (Lipinski definition) is 4. The summed E-state index contributed by atoms with van der Waals surface area (Å²) >= 11 is 0. The van der Waals surface area contributed by atoms with Gasteiger partial charge in [0.05, 0.1) is 13.2 Å². The van der Waals surface area contributed by atoms with Gasteiger partial charge in [-0.2, -0.15) is 0 Å². The first-order chi connectivity index (χ1) is 13.3. The number of hydrogen-bond donors (Lipinski definition) is 2. The SMILES string of the molecule is COc1cc(/C=C/C(=O)NC(C)c2ccc(F)cc2F)ccc1OCC(N)=O. The second kappa shape index (κ2) is 9.50. The quantitative estimate of drug-likeness (QED) is 0.678. The Morgan fingerprint density at radius 2 is 1.93 bits per heavy atom. The summed E-state index contributed by atoms with van der Waals surface area (Å²) in [4.78, 5) is 22.9. The van der Waals surface area contributed by atoms with Crippen LogP contribution in [-0.2, 0) is 9.59 Å². The first-order valence-corrected chi connectivity index (χ1v) is 8.33. The average Bonchev–Trinajstić information content (AvgIpc) is 2.64. The van der Waals surface area contributed by atoms with E-state index in [0.29, 0.717) is 17.1 Å². The van der Waals surface area contributed by atoms with Crippen molar-refractivity contribution >= 4 is 17.9 Å². The van der Waals surface area contributed by atoms with Crippen molar-refractivity contribution in [2.75, 3.05) is 13.7 Å². The zero-order valence-electron chi connectivity index (χ0n) is 15.4. The molecule has 0 saturated heterocycles. The molecule has 0 aliphatic rings. The maximum absolute atomic E-state index is 13.8. The van der Waals surface area contributed by atoms with Gasteiger partial charge in [0.1, 0.15) is 11.6 Å². The fourth-order valence-electron chi connectivity index (χ4n) is 2.42. The van der Waals surface area contributed by atoms with Crippen LogP contribution in [-0.4, -0.2) is 25.5 Å². The predicted octanol–water partition coefficient (Wildman–Crippen LogP) is 2.73. The van der Waals surface area contributed by atoms with Crippen LogP contribution in [0.15, 0.2) is 42.5 Å². The number of primary amides is 1. The van der Waals surface area contributed by atoms with Gasteiger partial charge in [0.2, 0.25) is 5.91 Å². The highest BCUT2D eigenvalue weighted by Gasteiger charge is 2.13. The van der Waals surface area contributed by atoms with Gasteiger partial charge in [0.25, 0.3) is 5.91 Å². The van der Waals surface area contributed by atoms with Crippen LogP contribution in [0.25, 0.3) is 6.08 Å². The number of ether oxygens (including phenoxy) is 2. The summed E-state index contributed by atoms with van der Waals surface area (Å²) in [7, 11) is 1.44. The Morgan fingerprint density at radius 3 is 2.57 bits per heavy atom. The first-order valence-electron chi connectivity index (χ1n) is 8.33. The fourth-order valence-corrected chi connectivity index (χ4v) is 2.42. The Kier molecular flexibility index (Phi) is 7.08. The van der Waals surface area contributed by atoms with E-state index in [-0.39, 0.29) is 12.2 Å². The molecule has 0 aromatic heterocycles. The molecule has 148 valence electrons. The summed E-state index contributed by atoms with van der Waals surface area (Å²) in [6.45, 7) is 1.31. The van der Waals surface area contributed by atoms with Crippen molar-refractivity contribution in [3.8, 4) is 11.5 Å². The van der Waals surface area contributed by atoms with Crippen LogP contribution in [0.1, 0.15) is 24.1 Å². The number of methoxy groups -OCH3 is 1. The first kappa shape index (κ1) is 20.9. The van der Waals surface area contributed by atoms with Crippen LogP contribution in [0.3, 0.4) is 0 Å². The smallest absolute Gasteiger partial charge is 0.255 e. The molecule has 2 amide bonds. The van der Waals surface area contributed by atoms with E-state index in [1.807, 2.05) is 0 Å². The Bertz CT molecular complexity index is 900. The number of carbonyl (C=O) groups is 2. The van der Waals surface area contributed by atoms with Gasteiger partial charge < -0.3 is 20.5 Å². The van der Waals surface area contributed by atoms with E-state index in [1.54, 1.807) is 25.1 Å². The topological polar surface area (TPSA) is 90.7 Å². The number of amides is 2. The van der Waals surface area contributed by atoms with Gasteiger partial charge in [0.15, 0.2) is 18.1 Å². The number of nitrogens with two attached hydrogens (primary N) is 1. The second-order valence-corrected chi connectivity index (χ2v) is 5.89. The molecule has 0 spiro atoms. The second-order valence-electron chi connectivity index (χ2n) is 5.89. The van der Waals surface area contributed by atoms with Crippen LogP contribution >= 0.6 is 0 Å². The molecule has 8 heteroatoms.